The lowest BCUT2D eigenvalue weighted by molar-refractivity contribution is 0.965. The van der Waals surface area contributed by atoms with Crippen LogP contribution in [0.1, 0.15) is 29.6 Å². The third-order valence-electron chi connectivity index (χ3n) is 3.14. The van der Waals surface area contributed by atoms with Gasteiger partial charge in [-0.2, -0.15) is 0 Å². The summed E-state index contributed by atoms with van der Waals surface area (Å²) in [6.45, 7) is 9.54. The van der Waals surface area contributed by atoms with E-state index in [9.17, 15) is 0 Å². The minimum atomic E-state index is 0.662. The Hall–Kier alpha value is -2.17. The minimum absolute atomic E-state index is 0.662. The third kappa shape index (κ3) is 3.23. The van der Waals surface area contributed by atoms with E-state index in [0.717, 1.165) is 35.3 Å². The van der Waals surface area contributed by atoms with Gasteiger partial charge >= 0.3 is 0 Å². The molecule has 2 aromatic heterocycles. The largest absolute Gasteiger partial charge is 0.370 e. The summed E-state index contributed by atoms with van der Waals surface area (Å²) in [6, 6.07) is 4.01. The van der Waals surface area contributed by atoms with Gasteiger partial charge in [0.1, 0.15) is 17.5 Å². The highest BCUT2D eigenvalue weighted by Crippen LogP contribution is 2.20. The lowest BCUT2D eigenvalue weighted by atomic mass is 10.2. The zero-order chi connectivity index (χ0) is 14.5. The molecule has 2 N–H and O–H groups in total. The van der Waals surface area contributed by atoms with Crippen molar-refractivity contribution in [2.24, 2.45) is 0 Å². The van der Waals surface area contributed by atoms with Gasteiger partial charge in [0.05, 0.1) is 12.2 Å². The van der Waals surface area contributed by atoms with Crippen molar-refractivity contribution in [3.8, 4) is 0 Å². The van der Waals surface area contributed by atoms with E-state index >= 15 is 0 Å². The average molecular weight is 271 g/mol. The fourth-order valence-corrected chi connectivity index (χ4v) is 2.01. The Balaban J connectivity index is 2.19. The fourth-order valence-electron chi connectivity index (χ4n) is 2.01. The standard InChI is InChI=1S/C15H21N5/c1-5-16-14-11(3)15(20-12(4)19-14)18-9-13-10(2)7-6-8-17-13/h6-8H,5,9H2,1-4H3,(H2,16,18,19,20). The molecule has 5 heteroatoms. The summed E-state index contributed by atoms with van der Waals surface area (Å²) in [5.41, 5.74) is 3.24. The van der Waals surface area contributed by atoms with E-state index in [-0.39, 0.29) is 0 Å². The van der Waals surface area contributed by atoms with Crippen molar-refractivity contribution < 1.29 is 0 Å². The van der Waals surface area contributed by atoms with Crippen LogP contribution < -0.4 is 10.6 Å². The Kier molecular flexibility index (Phi) is 4.50. The van der Waals surface area contributed by atoms with Gasteiger partial charge < -0.3 is 10.6 Å². The molecule has 0 spiro atoms. The summed E-state index contributed by atoms with van der Waals surface area (Å²) in [5, 5.41) is 6.62. The lowest BCUT2D eigenvalue weighted by Crippen LogP contribution is -2.11. The normalized spacial score (nSPS) is 10.4. The highest BCUT2D eigenvalue weighted by atomic mass is 15.1. The lowest BCUT2D eigenvalue weighted by Gasteiger charge is -2.14. The molecule has 2 rings (SSSR count). The summed E-state index contributed by atoms with van der Waals surface area (Å²) < 4.78 is 0. The van der Waals surface area contributed by atoms with E-state index < -0.39 is 0 Å². The van der Waals surface area contributed by atoms with Crippen molar-refractivity contribution in [2.45, 2.75) is 34.2 Å². The second kappa shape index (κ2) is 6.32. The van der Waals surface area contributed by atoms with Crippen LogP contribution in [0.15, 0.2) is 18.3 Å². The number of nitrogens with zero attached hydrogens (tertiary/aromatic N) is 3. The monoisotopic (exact) mass is 271 g/mol. The van der Waals surface area contributed by atoms with Crippen LogP contribution in [0, 0.1) is 20.8 Å². The molecule has 0 fully saturated rings. The predicted molar refractivity (Wildman–Crippen MR) is 82.0 cm³/mol. The molecule has 0 amide bonds. The molecule has 5 nitrogen and oxygen atoms in total. The Morgan fingerprint density at radius 1 is 1.05 bits per heavy atom. The zero-order valence-corrected chi connectivity index (χ0v) is 12.5. The van der Waals surface area contributed by atoms with Gasteiger partial charge in [-0.05, 0) is 39.3 Å². The number of hydrogen-bond acceptors (Lipinski definition) is 5. The Labute approximate surface area is 119 Å². The summed E-state index contributed by atoms with van der Waals surface area (Å²) >= 11 is 0. The first-order valence-corrected chi connectivity index (χ1v) is 6.85. The van der Waals surface area contributed by atoms with E-state index in [1.54, 1.807) is 0 Å². The molecule has 106 valence electrons. The quantitative estimate of drug-likeness (QED) is 0.875. The number of aromatic nitrogens is 3. The highest BCUT2D eigenvalue weighted by Gasteiger charge is 2.09. The van der Waals surface area contributed by atoms with Crippen LogP contribution >= 0.6 is 0 Å². The van der Waals surface area contributed by atoms with Gasteiger partial charge in [-0.25, -0.2) is 9.97 Å². The maximum absolute atomic E-state index is 4.47. The summed E-state index contributed by atoms with van der Waals surface area (Å²) in [6.07, 6.45) is 1.81. The second-order valence-electron chi connectivity index (χ2n) is 4.74. The van der Waals surface area contributed by atoms with Gasteiger partial charge in [0.2, 0.25) is 0 Å². The van der Waals surface area contributed by atoms with Gasteiger partial charge in [0.25, 0.3) is 0 Å². The van der Waals surface area contributed by atoms with Gasteiger partial charge in [-0.15, -0.1) is 0 Å². The molecule has 0 atom stereocenters. The summed E-state index contributed by atoms with van der Waals surface area (Å²) in [7, 11) is 0. The number of pyridine rings is 1. The van der Waals surface area contributed by atoms with Gasteiger partial charge in [-0.3, -0.25) is 4.98 Å². The van der Waals surface area contributed by atoms with Crippen molar-refractivity contribution in [2.75, 3.05) is 17.2 Å². The van der Waals surface area contributed by atoms with Crippen molar-refractivity contribution >= 4 is 11.6 Å². The number of hydrogen-bond donors (Lipinski definition) is 2. The van der Waals surface area contributed by atoms with E-state index in [1.807, 2.05) is 26.1 Å². The molecule has 0 aliphatic heterocycles. The zero-order valence-electron chi connectivity index (χ0n) is 12.5. The Bertz CT molecular complexity index is 595. The predicted octanol–water partition coefficient (Wildman–Crippen LogP) is 2.84. The SMILES string of the molecule is CCNc1nc(C)nc(NCc2ncccc2C)c1C. The maximum Gasteiger partial charge on any atom is 0.135 e. The summed E-state index contributed by atoms with van der Waals surface area (Å²) in [4.78, 5) is 13.3. The topological polar surface area (TPSA) is 62.7 Å². The molecule has 2 aromatic rings. The molecule has 0 saturated carbocycles. The first-order valence-electron chi connectivity index (χ1n) is 6.85. The molecule has 0 radical (unpaired) electrons. The summed E-state index contributed by atoms with van der Waals surface area (Å²) in [5.74, 6) is 2.51. The van der Waals surface area contributed by atoms with Crippen LogP contribution in [-0.4, -0.2) is 21.5 Å². The number of aryl methyl sites for hydroxylation is 2. The van der Waals surface area contributed by atoms with E-state index in [2.05, 4.69) is 45.5 Å². The van der Waals surface area contributed by atoms with Gasteiger partial charge in [0, 0.05) is 18.3 Å². The first kappa shape index (κ1) is 14.2. The molecular formula is C15H21N5. The number of anilines is 2. The Morgan fingerprint density at radius 3 is 2.40 bits per heavy atom. The highest BCUT2D eigenvalue weighted by molar-refractivity contribution is 5.57. The van der Waals surface area contributed by atoms with Gasteiger partial charge in [-0.1, -0.05) is 6.07 Å². The average Bonchev–Trinajstić information content (AvgIpc) is 2.42. The van der Waals surface area contributed by atoms with Crippen LogP contribution in [0.2, 0.25) is 0 Å². The Morgan fingerprint density at radius 2 is 1.75 bits per heavy atom. The van der Waals surface area contributed by atoms with Crippen LogP contribution in [0.4, 0.5) is 11.6 Å². The van der Waals surface area contributed by atoms with Crippen LogP contribution in [-0.2, 0) is 6.54 Å². The molecule has 0 bridgehead atoms. The van der Waals surface area contributed by atoms with Crippen LogP contribution in [0.25, 0.3) is 0 Å². The van der Waals surface area contributed by atoms with Crippen molar-refractivity contribution in [3.63, 3.8) is 0 Å². The molecule has 0 aromatic carbocycles. The minimum Gasteiger partial charge on any atom is -0.370 e. The van der Waals surface area contributed by atoms with E-state index in [4.69, 9.17) is 0 Å². The fraction of sp³-hybridized carbons (Fsp3) is 0.400. The second-order valence-corrected chi connectivity index (χ2v) is 4.74. The first-order chi connectivity index (χ1) is 9.61. The number of rotatable bonds is 5. The van der Waals surface area contributed by atoms with Crippen molar-refractivity contribution in [3.05, 3.63) is 41.0 Å². The van der Waals surface area contributed by atoms with E-state index in [1.165, 1.54) is 5.56 Å². The van der Waals surface area contributed by atoms with E-state index in [0.29, 0.717) is 6.54 Å². The molecule has 0 aliphatic carbocycles. The third-order valence-corrected chi connectivity index (χ3v) is 3.14. The van der Waals surface area contributed by atoms with Gasteiger partial charge in [0.15, 0.2) is 0 Å². The molecule has 0 unspecified atom stereocenters. The van der Waals surface area contributed by atoms with Crippen molar-refractivity contribution in [1.82, 2.24) is 15.0 Å². The number of nitrogens with one attached hydrogen (secondary N) is 2. The van der Waals surface area contributed by atoms with Crippen molar-refractivity contribution in [1.29, 1.82) is 0 Å². The molecule has 0 aliphatic rings. The molecule has 2 heterocycles. The molecule has 0 saturated heterocycles. The smallest absolute Gasteiger partial charge is 0.135 e. The molecule has 20 heavy (non-hydrogen) atoms. The van der Waals surface area contributed by atoms with Crippen LogP contribution in [0.5, 0.6) is 0 Å². The maximum atomic E-state index is 4.47. The van der Waals surface area contributed by atoms with Crippen LogP contribution in [0.3, 0.4) is 0 Å². The molecular weight excluding hydrogens is 250 g/mol.